The summed E-state index contributed by atoms with van der Waals surface area (Å²) in [6.07, 6.45) is 6.47. The molecule has 2 aliphatic rings. The highest BCUT2D eigenvalue weighted by Crippen LogP contribution is 2.34. The number of hydrogen-bond donors (Lipinski definition) is 1. The minimum atomic E-state index is 0.451. The first-order chi connectivity index (χ1) is 9.38. The van der Waals surface area contributed by atoms with Crippen molar-refractivity contribution < 1.29 is 4.74 Å². The van der Waals surface area contributed by atoms with Crippen molar-refractivity contribution in [1.29, 1.82) is 0 Å². The van der Waals surface area contributed by atoms with E-state index in [0.29, 0.717) is 18.2 Å². The lowest BCUT2D eigenvalue weighted by Gasteiger charge is -2.20. The average molecular weight is 254 g/mol. The maximum atomic E-state index is 5.87. The van der Waals surface area contributed by atoms with Crippen molar-refractivity contribution in [2.75, 3.05) is 0 Å². The standard InChI is InChI=1S/C16H18N2O/c1-2-12-8-11(3-5-14(12)17-7-1)10-18-15-9-13-4-6-16(15)19-13/h1-3,5,7-8,13,15-16,18H,4,6,9-10H2. The Morgan fingerprint density at radius 3 is 3.11 bits per heavy atom. The van der Waals surface area contributed by atoms with E-state index in [-0.39, 0.29) is 0 Å². The zero-order chi connectivity index (χ0) is 12.7. The molecule has 2 aliphatic heterocycles. The van der Waals surface area contributed by atoms with Gasteiger partial charge >= 0.3 is 0 Å². The van der Waals surface area contributed by atoms with E-state index in [4.69, 9.17) is 4.74 Å². The SMILES string of the molecule is c1cnc2ccc(CNC3CC4CCC3O4)cc2c1. The van der Waals surface area contributed by atoms with E-state index in [2.05, 4.69) is 34.6 Å². The number of fused-ring (bicyclic) bond motifs is 3. The Labute approximate surface area is 113 Å². The summed E-state index contributed by atoms with van der Waals surface area (Å²) in [5.74, 6) is 0. The molecule has 3 heterocycles. The molecule has 2 bridgehead atoms. The van der Waals surface area contributed by atoms with Gasteiger partial charge in [0.05, 0.1) is 17.7 Å². The van der Waals surface area contributed by atoms with Gasteiger partial charge in [0.25, 0.3) is 0 Å². The van der Waals surface area contributed by atoms with Gasteiger partial charge in [0.15, 0.2) is 0 Å². The summed E-state index contributed by atoms with van der Waals surface area (Å²) in [6, 6.07) is 11.1. The minimum absolute atomic E-state index is 0.451. The van der Waals surface area contributed by atoms with Crippen molar-refractivity contribution in [3.63, 3.8) is 0 Å². The fourth-order valence-corrected chi connectivity index (χ4v) is 3.34. The molecule has 98 valence electrons. The normalized spacial score (nSPS) is 29.2. The van der Waals surface area contributed by atoms with Gasteiger partial charge in [0, 0.05) is 24.2 Å². The Kier molecular flexibility index (Phi) is 2.75. The lowest BCUT2D eigenvalue weighted by atomic mass is 9.95. The van der Waals surface area contributed by atoms with Crippen LogP contribution in [0.5, 0.6) is 0 Å². The second kappa shape index (κ2) is 4.58. The number of hydrogen-bond acceptors (Lipinski definition) is 3. The fourth-order valence-electron chi connectivity index (χ4n) is 3.34. The summed E-state index contributed by atoms with van der Waals surface area (Å²) in [4.78, 5) is 4.35. The third-order valence-electron chi connectivity index (χ3n) is 4.34. The Balaban J connectivity index is 1.46. The summed E-state index contributed by atoms with van der Waals surface area (Å²) in [6.45, 7) is 0.919. The molecule has 1 aromatic carbocycles. The summed E-state index contributed by atoms with van der Waals surface area (Å²) in [5, 5.41) is 4.86. The van der Waals surface area contributed by atoms with Crippen LogP contribution in [0.1, 0.15) is 24.8 Å². The summed E-state index contributed by atoms with van der Waals surface area (Å²) < 4.78 is 5.87. The van der Waals surface area contributed by atoms with Crippen molar-refractivity contribution in [3.8, 4) is 0 Å². The Morgan fingerprint density at radius 1 is 1.26 bits per heavy atom. The molecule has 19 heavy (non-hydrogen) atoms. The Morgan fingerprint density at radius 2 is 2.26 bits per heavy atom. The quantitative estimate of drug-likeness (QED) is 0.914. The molecule has 0 spiro atoms. The van der Waals surface area contributed by atoms with Gasteiger partial charge in [-0.25, -0.2) is 0 Å². The van der Waals surface area contributed by atoms with E-state index < -0.39 is 0 Å². The molecule has 0 radical (unpaired) electrons. The molecule has 2 aromatic rings. The summed E-state index contributed by atoms with van der Waals surface area (Å²) in [7, 11) is 0. The fraction of sp³-hybridized carbons (Fsp3) is 0.438. The van der Waals surface area contributed by atoms with E-state index in [1.165, 1.54) is 30.2 Å². The third kappa shape index (κ3) is 2.13. The molecular formula is C16H18N2O. The van der Waals surface area contributed by atoms with Crippen LogP contribution < -0.4 is 5.32 Å². The highest BCUT2D eigenvalue weighted by molar-refractivity contribution is 5.78. The molecule has 3 heteroatoms. The highest BCUT2D eigenvalue weighted by atomic mass is 16.5. The molecule has 0 aliphatic carbocycles. The average Bonchev–Trinajstić information content (AvgIpc) is 3.07. The lowest BCUT2D eigenvalue weighted by Crippen LogP contribution is -2.36. The molecular weight excluding hydrogens is 236 g/mol. The van der Waals surface area contributed by atoms with Crippen LogP contribution in [-0.2, 0) is 11.3 Å². The van der Waals surface area contributed by atoms with Crippen LogP contribution in [0.3, 0.4) is 0 Å². The lowest BCUT2D eigenvalue weighted by molar-refractivity contribution is 0.0973. The van der Waals surface area contributed by atoms with Crippen molar-refractivity contribution in [1.82, 2.24) is 10.3 Å². The molecule has 0 amide bonds. The van der Waals surface area contributed by atoms with Crippen LogP contribution >= 0.6 is 0 Å². The van der Waals surface area contributed by atoms with Crippen LogP contribution in [0.4, 0.5) is 0 Å². The van der Waals surface area contributed by atoms with E-state index in [9.17, 15) is 0 Å². The predicted octanol–water partition coefficient (Wildman–Crippen LogP) is 2.64. The number of nitrogens with zero attached hydrogens (tertiary/aromatic N) is 1. The first-order valence-electron chi connectivity index (χ1n) is 7.11. The number of benzene rings is 1. The van der Waals surface area contributed by atoms with Crippen LogP contribution in [-0.4, -0.2) is 23.2 Å². The molecule has 3 unspecified atom stereocenters. The van der Waals surface area contributed by atoms with Gasteiger partial charge in [-0.15, -0.1) is 0 Å². The number of pyridine rings is 1. The molecule has 3 nitrogen and oxygen atoms in total. The highest BCUT2D eigenvalue weighted by Gasteiger charge is 2.40. The number of nitrogens with one attached hydrogen (secondary N) is 1. The predicted molar refractivity (Wildman–Crippen MR) is 74.9 cm³/mol. The molecule has 1 aromatic heterocycles. The number of aromatic nitrogens is 1. The first kappa shape index (κ1) is 11.4. The molecule has 2 saturated heterocycles. The van der Waals surface area contributed by atoms with Gasteiger partial charge in [0.2, 0.25) is 0 Å². The van der Waals surface area contributed by atoms with Gasteiger partial charge in [0.1, 0.15) is 0 Å². The third-order valence-corrected chi connectivity index (χ3v) is 4.34. The number of rotatable bonds is 3. The minimum Gasteiger partial charge on any atom is -0.373 e. The largest absolute Gasteiger partial charge is 0.373 e. The topological polar surface area (TPSA) is 34.2 Å². The summed E-state index contributed by atoms with van der Waals surface area (Å²) >= 11 is 0. The smallest absolute Gasteiger partial charge is 0.0733 e. The van der Waals surface area contributed by atoms with Crippen molar-refractivity contribution in [2.45, 2.75) is 44.1 Å². The van der Waals surface area contributed by atoms with Crippen LogP contribution in [0.25, 0.3) is 10.9 Å². The summed E-state index contributed by atoms with van der Waals surface area (Å²) in [5.41, 5.74) is 2.39. The van der Waals surface area contributed by atoms with Gasteiger partial charge < -0.3 is 10.1 Å². The second-order valence-corrected chi connectivity index (χ2v) is 5.63. The first-order valence-corrected chi connectivity index (χ1v) is 7.11. The van der Waals surface area contributed by atoms with Crippen molar-refractivity contribution in [3.05, 3.63) is 42.1 Å². The van der Waals surface area contributed by atoms with Crippen LogP contribution in [0, 0.1) is 0 Å². The zero-order valence-corrected chi connectivity index (χ0v) is 10.9. The van der Waals surface area contributed by atoms with E-state index in [1.54, 1.807) is 0 Å². The Bertz CT molecular complexity index is 598. The van der Waals surface area contributed by atoms with Crippen LogP contribution in [0.15, 0.2) is 36.5 Å². The van der Waals surface area contributed by atoms with Crippen molar-refractivity contribution >= 4 is 10.9 Å². The Hall–Kier alpha value is -1.45. The van der Waals surface area contributed by atoms with E-state index >= 15 is 0 Å². The van der Waals surface area contributed by atoms with E-state index in [0.717, 1.165) is 12.1 Å². The zero-order valence-electron chi connectivity index (χ0n) is 10.9. The monoisotopic (exact) mass is 254 g/mol. The second-order valence-electron chi connectivity index (χ2n) is 5.63. The molecule has 1 N–H and O–H groups in total. The van der Waals surface area contributed by atoms with Gasteiger partial charge in [-0.05, 0) is 43.0 Å². The maximum absolute atomic E-state index is 5.87. The molecule has 0 saturated carbocycles. The van der Waals surface area contributed by atoms with Crippen LogP contribution in [0.2, 0.25) is 0 Å². The molecule has 3 atom stereocenters. The van der Waals surface area contributed by atoms with Gasteiger partial charge in [-0.2, -0.15) is 0 Å². The van der Waals surface area contributed by atoms with Gasteiger partial charge in [-0.3, -0.25) is 4.98 Å². The maximum Gasteiger partial charge on any atom is 0.0733 e. The van der Waals surface area contributed by atoms with Crippen molar-refractivity contribution in [2.24, 2.45) is 0 Å². The molecule has 2 fully saturated rings. The molecule has 4 rings (SSSR count). The van der Waals surface area contributed by atoms with Gasteiger partial charge in [-0.1, -0.05) is 12.1 Å². The van der Waals surface area contributed by atoms with E-state index in [1.807, 2.05) is 12.3 Å². The number of ether oxygens (including phenoxy) is 1.